The number of aromatic nitrogens is 2. The zero-order valence-electron chi connectivity index (χ0n) is 9.09. The molecule has 0 unspecified atom stereocenters. The minimum absolute atomic E-state index is 0.391. The van der Waals surface area contributed by atoms with Crippen molar-refractivity contribution in [3.8, 4) is 5.75 Å². The molecule has 1 aromatic carbocycles. The lowest BCUT2D eigenvalue weighted by Crippen LogP contribution is -2.22. The van der Waals surface area contributed by atoms with Crippen LogP contribution in [0.5, 0.6) is 5.75 Å². The minimum atomic E-state index is -0.499. The summed E-state index contributed by atoms with van der Waals surface area (Å²) in [7, 11) is 0. The molecule has 0 fully saturated rings. The molecule has 0 saturated heterocycles. The first kappa shape index (κ1) is 10.5. The fourth-order valence-electron chi connectivity index (χ4n) is 1.72. The van der Waals surface area contributed by atoms with Crippen molar-refractivity contribution >= 4 is 10.9 Å². The predicted molar refractivity (Wildman–Crippen MR) is 61.1 cm³/mol. The highest BCUT2D eigenvalue weighted by Crippen LogP contribution is 2.22. The third kappa shape index (κ3) is 1.60. The standard InChI is InChI=1S/C11H12N2O3/c1-3-16-8-5-4-7-9(6(8)2)10(14)13-11(15)12-7/h4-5H,3H2,1-2H3,(H2,12,13,14,15). The van der Waals surface area contributed by atoms with Crippen LogP contribution in [0.3, 0.4) is 0 Å². The summed E-state index contributed by atoms with van der Waals surface area (Å²) in [5.41, 5.74) is 0.366. The SMILES string of the molecule is CCOc1ccc2[nH]c(=O)[nH]c(=O)c2c1C. The van der Waals surface area contributed by atoms with E-state index in [-0.39, 0.29) is 0 Å². The molecule has 5 heteroatoms. The molecule has 0 aliphatic heterocycles. The van der Waals surface area contributed by atoms with Gasteiger partial charge in [-0.05, 0) is 26.0 Å². The van der Waals surface area contributed by atoms with Gasteiger partial charge in [-0.1, -0.05) is 0 Å². The van der Waals surface area contributed by atoms with Gasteiger partial charge in [0.1, 0.15) is 5.75 Å². The number of fused-ring (bicyclic) bond motifs is 1. The molecular weight excluding hydrogens is 208 g/mol. The molecule has 0 aliphatic rings. The number of H-pyrrole nitrogens is 2. The lowest BCUT2D eigenvalue weighted by atomic mass is 10.1. The number of hydrogen-bond donors (Lipinski definition) is 2. The Morgan fingerprint density at radius 1 is 1.25 bits per heavy atom. The van der Waals surface area contributed by atoms with E-state index in [0.29, 0.717) is 23.3 Å². The molecule has 0 spiro atoms. The third-order valence-electron chi connectivity index (χ3n) is 2.42. The van der Waals surface area contributed by atoms with Crippen LogP contribution in [0.4, 0.5) is 0 Å². The van der Waals surface area contributed by atoms with Crippen molar-refractivity contribution in [1.82, 2.24) is 9.97 Å². The fourth-order valence-corrected chi connectivity index (χ4v) is 1.72. The van der Waals surface area contributed by atoms with Crippen LogP contribution in [-0.4, -0.2) is 16.6 Å². The van der Waals surface area contributed by atoms with Crippen LogP contribution in [0.15, 0.2) is 21.7 Å². The van der Waals surface area contributed by atoms with Crippen LogP contribution in [-0.2, 0) is 0 Å². The first-order valence-electron chi connectivity index (χ1n) is 5.02. The van der Waals surface area contributed by atoms with E-state index in [1.165, 1.54) is 0 Å². The van der Waals surface area contributed by atoms with E-state index in [4.69, 9.17) is 4.74 Å². The Morgan fingerprint density at radius 2 is 2.00 bits per heavy atom. The van der Waals surface area contributed by atoms with Crippen molar-refractivity contribution in [1.29, 1.82) is 0 Å². The van der Waals surface area contributed by atoms with E-state index in [1.54, 1.807) is 19.1 Å². The van der Waals surface area contributed by atoms with Gasteiger partial charge in [0.25, 0.3) is 5.56 Å². The third-order valence-corrected chi connectivity index (χ3v) is 2.42. The molecule has 0 atom stereocenters. The molecule has 2 aromatic rings. The van der Waals surface area contributed by atoms with Crippen molar-refractivity contribution in [2.75, 3.05) is 6.61 Å². The van der Waals surface area contributed by atoms with E-state index < -0.39 is 11.2 Å². The second kappa shape index (κ2) is 3.84. The summed E-state index contributed by atoms with van der Waals surface area (Å²) in [6.07, 6.45) is 0. The van der Waals surface area contributed by atoms with Gasteiger partial charge >= 0.3 is 5.69 Å². The maximum atomic E-state index is 11.6. The molecule has 84 valence electrons. The highest BCUT2D eigenvalue weighted by atomic mass is 16.5. The molecule has 2 rings (SSSR count). The van der Waals surface area contributed by atoms with Crippen LogP contribution >= 0.6 is 0 Å². The molecule has 0 amide bonds. The highest BCUT2D eigenvalue weighted by Gasteiger charge is 2.08. The second-order valence-electron chi connectivity index (χ2n) is 3.45. The Hall–Kier alpha value is -2.04. The van der Waals surface area contributed by atoms with E-state index in [9.17, 15) is 9.59 Å². The first-order valence-corrected chi connectivity index (χ1v) is 5.02. The molecule has 0 saturated carbocycles. The molecule has 5 nitrogen and oxygen atoms in total. The summed E-state index contributed by atoms with van der Waals surface area (Å²) in [5, 5.41) is 0.463. The quantitative estimate of drug-likeness (QED) is 0.790. The van der Waals surface area contributed by atoms with Gasteiger partial charge < -0.3 is 9.72 Å². The Balaban J connectivity index is 2.84. The summed E-state index contributed by atoms with van der Waals surface area (Å²) in [4.78, 5) is 27.5. The zero-order chi connectivity index (χ0) is 11.7. The van der Waals surface area contributed by atoms with E-state index in [2.05, 4.69) is 9.97 Å². The number of aromatic amines is 2. The number of rotatable bonds is 2. The van der Waals surface area contributed by atoms with E-state index in [1.807, 2.05) is 6.92 Å². The molecule has 16 heavy (non-hydrogen) atoms. The van der Waals surface area contributed by atoms with Gasteiger partial charge in [0.15, 0.2) is 0 Å². The van der Waals surface area contributed by atoms with Crippen LogP contribution in [0, 0.1) is 6.92 Å². The van der Waals surface area contributed by atoms with Gasteiger partial charge in [-0.2, -0.15) is 0 Å². The van der Waals surface area contributed by atoms with Crippen LogP contribution < -0.4 is 16.0 Å². The smallest absolute Gasteiger partial charge is 0.326 e. The average Bonchev–Trinajstić information content (AvgIpc) is 2.21. The van der Waals surface area contributed by atoms with Crippen molar-refractivity contribution < 1.29 is 4.74 Å². The lowest BCUT2D eigenvalue weighted by Gasteiger charge is -2.08. The normalized spacial score (nSPS) is 10.6. The molecular formula is C11H12N2O3. The summed E-state index contributed by atoms with van der Waals surface area (Å²) < 4.78 is 5.39. The zero-order valence-corrected chi connectivity index (χ0v) is 9.09. The monoisotopic (exact) mass is 220 g/mol. The Kier molecular flexibility index (Phi) is 2.52. The van der Waals surface area contributed by atoms with Gasteiger partial charge in [0, 0.05) is 5.56 Å². The van der Waals surface area contributed by atoms with Crippen molar-refractivity contribution in [3.63, 3.8) is 0 Å². The number of benzene rings is 1. The van der Waals surface area contributed by atoms with Crippen molar-refractivity contribution in [2.45, 2.75) is 13.8 Å². The Bertz CT molecular complexity index is 640. The van der Waals surface area contributed by atoms with E-state index >= 15 is 0 Å². The summed E-state index contributed by atoms with van der Waals surface area (Å²) in [6.45, 7) is 4.20. The minimum Gasteiger partial charge on any atom is -0.494 e. The van der Waals surface area contributed by atoms with Gasteiger partial charge in [-0.3, -0.25) is 9.78 Å². The Morgan fingerprint density at radius 3 is 2.69 bits per heavy atom. The number of hydrogen-bond acceptors (Lipinski definition) is 3. The topological polar surface area (TPSA) is 75.0 Å². The number of nitrogens with one attached hydrogen (secondary N) is 2. The van der Waals surface area contributed by atoms with Gasteiger partial charge in [0.05, 0.1) is 17.5 Å². The van der Waals surface area contributed by atoms with Gasteiger partial charge in [-0.15, -0.1) is 0 Å². The van der Waals surface area contributed by atoms with Crippen molar-refractivity contribution in [2.24, 2.45) is 0 Å². The second-order valence-corrected chi connectivity index (χ2v) is 3.45. The maximum absolute atomic E-state index is 11.6. The van der Waals surface area contributed by atoms with Gasteiger partial charge in [-0.25, -0.2) is 4.79 Å². The van der Waals surface area contributed by atoms with E-state index in [0.717, 1.165) is 5.56 Å². The number of ether oxygens (including phenoxy) is 1. The molecule has 0 bridgehead atoms. The molecule has 1 heterocycles. The molecule has 0 aliphatic carbocycles. The number of aryl methyl sites for hydroxylation is 1. The lowest BCUT2D eigenvalue weighted by molar-refractivity contribution is 0.338. The first-order chi connectivity index (χ1) is 7.63. The fraction of sp³-hybridized carbons (Fsp3) is 0.273. The maximum Gasteiger partial charge on any atom is 0.326 e. The highest BCUT2D eigenvalue weighted by molar-refractivity contribution is 5.83. The molecule has 2 N–H and O–H groups in total. The largest absolute Gasteiger partial charge is 0.494 e. The molecule has 1 aromatic heterocycles. The Labute approximate surface area is 91.1 Å². The van der Waals surface area contributed by atoms with Crippen LogP contribution in [0.25, 0.3) is 10.9 Å². The summed E-state index contributed by atoms with van der Waals surface area (Å²) in [5.74, 6) is 0.660. The molecule has 0 radical (unpaired) electrons. The van der Waals surface area contributed by atoms with Crippen LogP contribution in [0.1, 0.15) is 12.5 Å². The van der Waals surface area contributed by atoms with Crippen molar-refractivity contribution in [3.05, 3.63) is 38.5 Å². The van der Waals surface area contributed by atoms with Crippen LogP contribution in [0.2, 0.25) is 0 Å². The van der Waals surface area contributed by atoms with Gasteiger partial charge in [0.2, 0.25) is 0 Å². The predicted octanol–water partition coefficient (Wildman–Crippen LogP) is 0.924. The summed E-state index contributed by atoms with van der Waals surface area (Å²) >= 11 is 0. The summed E-state index contributed by atoms with van der Waals surface area (Å²) in [6, 6.07) is 3.42. The average molecular weight is 220 g/mol.